The number of nitrogens with one attached hydrogen (secondary N) is 1. The molecule has 0 aromatic heterocycles. The molecule has 1 amide bonds. The molecule has 0 spiro atoms. The van der Waals surface area contributed by atoms with E-state index in [-0.39, 0.29) is 11.4 Å². The van der Waals surface area contributed by atoms with Crippen LogP contribution in [0.15, 0.2) is 24.3 Å². The van der Waals surface area contributed by atoms with Crippen LogP contribution in [0.2, 0.25) is 0 Å². The number of carbonyl (C=O) groups is 1. The minimum atomic E-state index is 0.0179. The Hall–Kier alpha value is -1.55. The Labute approximate surface area is 116 Å². The first-order valence-corrected chi connectivity index (χ1v) is 6.72. The van der Waals surface area contributed by atoms with Gasteiger partial charge in [0, 0.05) is 29.9 Å². The highest BCUT2D eigenvalue weighted by Crippen LogP contribution is 2.17. The third-order valence-corrected chi connectivity index (χ3v) is 3.74. The Balaban J connectivity index is 2.44. The van der Waals surface area contributed by atoms with Crippen molar-refractivity contribution in [2.24, 2.45) is 0 Å². The lowest BCUT2D eigenvalue weighted by molar-refractivity contribution is -0.116. The number of amides is 1. The first-order chi connectivity index (χ1) is 8.85. The van der Waals surface area contributed by atoms with Crippen LogP contribution in [-0.2, 0) is 4.79 Å². The molecule has 0 aliphatic rings. The lowest BCUT2D eigenvalue weighted by Crippen LogP contribution is -2.41. The number of hydrogen-bond acceptors (Lipinski definition) is 3. The molecule has 4 nitrogen and oxygen atoms in total. The fraction of sp³-hybridized carbons (Fsp3) is 0.533. The summed E-state index contributed by atoms with van der Waals surface area (Å²) >= 11 is 0. The molecule has 1 rings (SSSR count). The van der Waals surface area contributed by atoms with E-state index < -0.39 is 0 Å². The van der Waals surface area contributed by atoms with Crippen LogP contribution in [0.3, 0.4) is 0 Å². The summed E-state index contributed by atoms with van der Waals surface area (Å²) in [5.74, 6) is 0.0179. The largest absolute Gasteiger partial charge is 0.399 e. The summed E-state index contributed by atoms with van der Waals surface area (Å²) in [6.45, 7) is 7.27. The zero-order valence-corrected chi connectivity index (χ0v) is 12.4. The first-order valence-electron chi connectivity index (χ1n) is 6.72. The third-order valence-electron chi connectivity index (χ3n) is 3.74. The molecule has 0 fully saturated rings. The van der Waals surface area contributed by atoms with E-state index in [2.05, 4.69) is 38.0 Å². The second-order valence-electron chi connectivity index (χ2n) is 5.51. The number of nitrogen functional groups attached to an aromatic ring is 1. The molecule has 0 atom stereocenters. The summed E-state index contributed by atoms with van der Waals surface area (Å²) in [5, 5.41) is 2.86. The standard InChI is InChI=1S/C15H25N3O/c1-5-15(2,3)18(4)10-9-14(19)17-13-8-6-7-12(16)11-13/h6-8,11H,5,9-10,16H2,1-4H3,(H,17,19). The van der Waals surface area contributed by atoms with E-state index in [1.807, 2.05) is 12.1 Å². The molecule has 0 saturated heterocycles. The van der Waals surface area contributed by atoms with E-state index in [0.717, 1.165) is 18.7 Å². The van der Waals surface area contributed by atoms with Gasteiger partial charge in [0.15, 0.2) is 0 Å². The molecule has 0 aliphatic heterocycles. The maximum Gasteiger partial charge on any atom is 0.225 e. The maximum atomic E-state index is 11.9. The van der Waals surface area contributed by atoms with E-state index in [1.54, 1.807) is 12.1 Å². The summed E-state index contributed by atoms with van der Waals surface area (Å²) in [7, 11) is 2.05. The van der Waals surface area contributed by atoms with E-state index in [9.17, 15) is 4.79 Å². The van der Waals surface area contributed by atoms with Gasteiger partial charge in [-0.05, 0) is 45.5 Å². The Morgan fingerprint density at radius 1 is 1.42 bits per heavy atom. The van der Waals surface area contributed by atoms with Crippen LogP contribution in [0.1, 0.15) is 33.6 Å². The quantitative estimate of drug-likeness (QED) is 0.776. The van der Waals surface area contributed by atoms with Crippen molar-refractivity contribution in [3.05, 3.63) is 24.3 Å². The van der Waals surface area contributed by atoms with Crippen LogP contribution >= 0.6 is 0 Å². The van der Waals surface area contributed by atoms with Crippen molar-refractivity contribution in [2.75, 3.05) is 24.6 Å². The van der Waals surface area contributed by atoms with Gasteiger partial charge in [0.25, 0.3) is 0 Å². The molecule has 1 aromatic carbocycles. The lowest BCUT2D eigenvalue weighted by atomic mass is 10.00. The van der Waals surface area contributed by atoms with Gasteiger partial charge in [0.1, 0.15) is 0 Å². The predicted molar refractivity (Wildman–Crippen MR) is 81.1 cm³/mol. The summed E-state index contributed by atoms with van der Waals surface area (Å²) in [6, 6.07) is 7.23. The summed E-state index contributed by atoms with van der Waals surface area (Å²) in [6.07, 6.45) is 1.54. The summed E-state index contributed by atoms with van der Waals surface area (Å²) < 4.78 is 0. The fourth-order valence-electron chi connectivity index (χ4n) is 1.68. The minimum absolute atomic E-state index is 0.0179. The zero-order chi connectivity index (χ0) is 14.5. The predicted octanol–water partition coefficient (Wildman–Crippen LogP) is 2.72. The molecular formula is C15H25N3O. The van der Waals surface area contributed by atoms with Crippen molar-refractivity contribution in [3.63, 3.8) is 0 Å². The molecule has 19 heavy (non-hydrogen) atoms. The van der Waals surface area contributed by atoms with Crippen molar-refractivity contribution < 1.29 is 4.79 Å². The Morgan fingerprint density at radius 3 is 2.68 bits per heavy atom. The van der Waals surface area contributed by atoms with Gasteiger partial charge in [-0.15, -0.1) is 0 Å². The molecule has 106 valence electrons. The second kappa shape index (κ2) is 6.57. The van der Waals surface area contributed by atoms with Crippen LogP contribution in [-0.4, -0.2) is 29.9 Å². The van der Waals surface area contributed by atoms with E-state index in [1.165, 1.54) is 0 Å². The van der Waals surface area contributed by atoms with Crippen LogP contribution < -0.4 is 11.1 Å². The number of hydrogen-bond donors (Lipinski definition) is 2. The van der Waals surface area contributed by atoms with Crippen molar-refractivity contribution >= 4 is 17.3 Å². The molecule has 0 radical (unpaired) electrons. The Kier molecular flexibility index (Phi) is 5.36. The van der Waals surface area contributed by atoms with E-state index in [4.69, 9.17) is 5.73 Å². The fourth-order valence-corrected chi connectivity index (χ4v) is 1.68. The highest BCUT2D eigenvalue weighted by Gasteiger charge is 2.21. The maximum absolute atomic E-state index is 11.9. The second-order valence-corrected chi connectivity index (χ2v) is 5.51. The molecular weight excluding hydrogens is 238 g/mol. The van der Waals surface area contributed by atoms with Gasteiger partial charge in [0.2, 0.25) is 5.91 Å². The van der Waals surface area contributed by atoms with Crippen molar-refractivity contribution in [2.45, 2.75) is 39.2 Å². The summed E-state index contributed by atoms with van der Waals surface area (Å²) in [4.78, 5) is 14.1. The van der Waals surface area contributed by atoms with Gasteiger partial charge in [0.05, 0.1) is 0 Å². The first kappa shape index (κ1) is 15.5. The van der Waals surface area contributed by atoms with E-state index >= 15 is 0 Å². The topological polar surface area (TPSA) is 58.4 Å². The van der Waals surface area contributed by atoms with Crippen molar-refractivity contribution in [1.82, 2.24) is 4.90 Å². The molecule has 4 heteroatoms. The van der Waals surface area contributed by atoms with Gasteiger partial charge in [-0.2, -0.15) is 0 Å². The molecule has 0 heterocycles. The SMILES string of the molecule is CCC(C)(C)N(C)CCC(=O)Nc1cccc(N)c1. The number of rotatable bonds is 6. The van der Waals surface area contributed by atoms with Crippen molar-refractivity contribution in [3.8, 4) is 0 Å². The smallest absolute Gasteiger partial charge is 0.225 e. The van der Waals surface area contributed by atoms with Gasteiger partial charge in [-0.25, -0.2) is 0 Å². The molecule has 0 saturated carbocycles. The van der Waals surface area contributed by atoms with Gasteiger partial charge in [-0.1, -0.05) is 13.0 Å². The molecule has 0 bridgehead atoms. The highest BCUT2D eigenvalue weighted by molar-refractivity contribution is 5.91. The third kappa shape index (κ3) is 4.91. The Bertz CT molecular complexity index is 429. The van der Waals surface area contributed by atoms with Gasteiger partial charge in [-0.3, -0.25) is 4.79 Å². The van der Waals surface area contributed by atoms with Gasteiger partial charge >= 0.3 is 0 Å². The Morgan fingerprint density at radius 2 is 2.11 bits per heavy atom. The average Bonchev–Trinajstić information content (AvgIpc) is 2.35. The van der Waals surface area contributed by atoms with Gasteiger partial charge < -0.3 is 16.0 Å². The highest BCUT2D eigenvalue weighted by atomic mass is 16.1. The number of carbonyl (C=O) groups excluding carboxylic acids is 1. The number of nitrogens with zero attached hydrogens (tertiary/aromatic N) is 1. The number of nitrogens with two attached hydrogens (primary N) is 1. The van der Waals surface area contributed by atoms with Crippen LogP contribution in [0, 0.1) is 0 Å². The van der Waals surface area contributed by atoms with Crippen LogP contribution in [0.4, 0.5) is 11.4 Å². The monoisotopic (exact) mass is 263 g/mol. The van der Waals surface area contributed by atoms with Crippen LogP contribution in [0.5, 0.6) is 0 Å². The zero-order valence-electron chi connectivity index (χ0n) is 12.4. The van der Waals surface area contributed by atoms with Crippen molar-refractivity contribution in [1.29, 1.82) is 0 Å². The average molecular weight is 263 g/mol. The number of anilines is 2. The normalized spacial score (nSPS) is 11.6. The molecule has 0 unspecified atom stereocenters. The molecule has 3 N–H and O–H groups in total. The van der Waals surface area contributed by atoms with E-state index in [0.29, 0.717) is 12.1 Å². The number of benzene rings is 1. The molecule has 1 aromatic rings. The molecule has 0 aliphatic carbocycles. The minimum Gasteiger partial charge on any atom is -0.399 e. The lowest BCUT2D eigenvalue weighted by Gasteiger charge is -2.34. The van der Waals surface area contributed by atoms with Crippen LogP contribution in [0.25, 0.3) is 0 Å². The summed E-state index contributed by atoms with van der Waals surface area (Å²) in [5.41, 5.74) is 7.20.